The number of anilines is 1. The van der Waals surface area contributed by atoms with Crippen molar-refractivity contribution in [1.29, 1.82) is 0 Å². The van der Waals surface area contributed by atoms with Crippen LogP contribution < -0.4 is 33.9 Å². The van der Waals surface area contributed by atoms with Crippen molar-refractivity contribution in [2.75, 3.05) is 5.32 Å². The summed E-state index contributed by atoms with van der Waals surface area (Å²) in [5.74, 6) is -0.0472. The smallest absolute Gasteiger partial charge is 0.221 e. The normalized spacial score (nSPS) is 9.62. The van der Waals surface area contributed by atoms with Crippen LogP contribution in [0.25, 0.3) is 10.9 Å². The van der Waals surface area contributed by atoms with Crippen LogP contribution in [0.2, 0.25) is 0 Å². The maximum absolute atomic E-state index is 11.0. The number of rotatable bonds is 1. The van der Waals surface area contributed by atoms with Gasteiger partial charge in [0.2, 0.25) is 11.4 Å². The Morgan fingerprint density at radius 3 is 2.69 bits per heavy atom. The number of halogens is 1. The largest absolute Gasteiger partial charge is 1.00 e. The number of aromatic nitrogens is 1. The first kappa shape index (κ1) is 12.9. The predicted octanol–water partition coefficient (Wildman–Crippen LogP) is -1.37. The molecule has 0 bridgehead atoms. The summed E-state index contributed by atoms with van der Waals surface area (Å²) in [5.41, 5.74) is 1.96. The Morgan fingerprint density at radius 2 is 2.00 bits per heavy atom. The van der Waals surface area contributed by atoms with Crippen LogP contribution in [0.1, 0.15) is 6.92 Å². The van der Waals surface area contributed by atoms with E-state index in [4.69, 9.17) is 0 Å². The van der Waals surface area contributed by atoms with Crippen molar-refractivity contribution in [1.82, 2.24) is 0 Å². The molecule has 1 aromatic heterocycles. The molecule has 0 saturated carbocycles. The molecule has 0 aliphatic heterocycles. The summed E-state index contributed by atoms with van der Waals surface area (Å²) in [6.07, 6.45) is 1.99. The molecule has 0 aliphatic rings. The first-order valence-corrected chi connectivity index (χ1v) is 4.83. The molecule has 0 fully saturated rings. The lowest BCUT2D eigenvalue weighted by molar-refractivity contribution is -0.644. The minimum atomic E-state index is -0.0472. The highest BCUT2D eigenvalue weighted by molar-refractivity contribution is 5.99. The third-order valence-corrected chi connectivity index (χ3v) is 2.35. The standard InChI is InChI=1S/C12H12N2O.HI/c1-9(15)13-11-6-3-7-12-10(11)5-4-8-14(12)2;/h3-8H,1-2H3;1H. The summed E-state index contributed by atoms with van der Waals surface area (Å²) >= 11 is 0. The van der Waals surface area contributed by atoms with Crippen molar-refractivity contribution in [3.05, 3.63) is 36.5 Å². The number of fused-ring (bicyclic) bond motifs is 1. The molecule has 0 aliphatic carbocycles. The SMILES string of the molecule is CC(=O)Nc1cccc2c1ccc[n+]2C.[I-]. The summed E-state index contributed by atoms with van der Waals surface area (Å²) < 4.78 is 2.03. The molecule has 1 N–H and O–H groups in total. The lowest BCUT2D eigenvalue weighted by atomic mass is 10.2. The van der Waals surface area contributed by atoms with Gasteiger partial charge in [-0.1, -0.05) is 6.07 Å². The van der Waals surface area contributed by atoms with E-state index < -0.39 is 0 Å². The maximum atomic E-state index is 11.0. The molecule has 84 valence electrons. The van der Waals surface area contributed by atoms with Crippen LogP contribution >= 0.6 is 0 Å². The molecule has 2 rings (SSSR count). The van der Waals surface area contributed by atoms with Gasteiger partial charge >= 0.3 is 0 Å². The number of benzene rings is 1. The first-order valence-electron chi connectivity index (χ1n) is 4.83. The monoisotopic (exact) mass is 328 g/mol. The second-order valence-electron chi connectivity index (χ2n) is 3.54. The molecule has 1 amide bonds. The van der Waals surface area contributed by atoms with E-state index in [-0.39, 0.29) is 29.9 Å². The Hall–Kier alpha value is -1.17. The van der Waals surface area contributed by atoms with E-state index in [1.54, 1.807) is 0 Å². The average Bonchev–Trinajstić information content (AvgIpc) is 2.19. The summed E-state index contributed by atoms with van der Waals surface area (Å²) in [7, 11) is 1.99. The van der Waals surface area contributed by atoms with Crippen LogP contribution in [0, 0.1) is 0 Å². The number of hydrogen-bond donors (Lipinski definition) is 1. The Bertz CT molecular complexity index is 525. The molecule has 1 heterocycles. The van der Waals surface area contributed by atoms with Crippen LogP contribution in [-0.4, -0.2) is 5.91 Å². The van der Waals surface area contributed by atoms with Crippen LogP contribution in [0.4, 0.5) is 5.69 Å². The lowest BCUT2D eigenvalue weighted by Crippen LogP contribution is -3.00. The number of carbonyl (C=O) groups excluding carboxylic acids is 1. The average molecular weight is 328 g/mol. The number of hydrogen-bond acceptors (Lipinski definition) is 1. The third kappa shape index (κ3) is 2.49. The minimum Gasteiger partial charge on any atom is -1.00 e. The van der Waals surface area contributed by atoms with Crippen molar-refractivity contribution in [2.45, 2.75) is 6.92 Å². The van der Waals surface area contributed by atoms with Crippen molar-refractivity contribution >= 4 is 22.5 Å². The predicted molar refractivity (Wildman–Crippen MR) is 59.4 cm³/mol. The Kier molecular flexibility index (Phi) is 4.23. The fourth-order valence-electron chi connectivity index (χ4n) is 1.68. The summed E-state index contributed by atoms with van der Waals surface area (Å²) in [6.45, 7) is 1.52. The van der Waals surface area contributed by atoms with Gasteiger partial charge in [0.15, 0.2) is 6.20 Å². The van der Waals surface area contributed by atoms with Crippen molar-refractivity contribution in [3.63, 3.8) is 0 Å². The Balaban J connectivity index is 0.00000128. The minimum absolute atomic E-state index is 0. The quantitative estimate of drug-likeness (QED) is 0.508. The molecule has 0 atom stereocenters. The van der Waals surface area contributed by atoms with Gasteiger partial charge in [0.25, 0.3) is 0 Å². The van der Waals surface area contributed by atoms with Crippen LogP contribution in [-0.2, 0) is 11.8 Å². The van der Waals surface area contributed by atoms with Gasteiger partial charge in [-0.15, -0.1) is 0 Å². The van der Waals surface area contributed by atoms with E-state index in [1.165, 1.54) is 6.92 Å². The van der Waals surface area contributed by atoms with Gasteiger partial charge in [0.1, 0.15) is 7.05 Å². The molecule has 2 aromatic rings. The highest BCUT2D eigenvalue weighted by Crippen LogP contribution is 2.19. The van der Waals surface area contributed by atoms with E-state index in [1.807, 2.05) is 48.1 Å². The number of nitrogens with zero attached hydrogens (tertiary/aromatic N) is 1. The van der Waals surface area contributed by atoms with Crippen molar-refractivity contribution in [3.8, 4) is 0 Å². The number of nitrogens with one attached hydrogen (secondary N) is 1. The molecule has 0 unspecified atom stereocenters. The van der Waals surface area contributed by atoms with E-state index >= 15 is 0 Å². The van der Waals surface area contributed by atoms with Crippen molar-refractivity contribution < 1.29 is 33.3 Å². The molecule has 0 radical (unpaired) electrons. The van der Waals surface area contributed by atoms with Gasteiger partial charge in [-0.05, 0) is 12.1 Å². The fourth-order valence-corrected chi connectivity index (χ4v) is 1.68. The van der Waals surface area contributed by atoms with Crippen LogP contribution in [0.5, 0.6) is 0 Å². The summed E-state index contributed by atoms with van der Waals surface area (Å²) in [4.78, 5) is 11.0. The fraction of sp³-hybridized carbons (Fsp3) is 0.167. The third-order valence-electron chi connectivity index (χ3n) is 2.35. The number of amides is 1. The molecule has 0 spiro atoms. The summed E-state index contributed by atoms with van der Waals surface area (Å²) in [6, 6.07) is 9.84. The highest BCUT2D eigenvalue weighted by Gasteiger charge is 2.07. The topological polar surface area (TPSA) is 33.0 Å². The number of pyridine rings is 1. The van der Waals surface area contributed by atoms with Crippen LogP contribution in [0.3, 0.4) is 0 Å². The van der Waals surface area contributed by atoms with Crippen LogP contribution in [0.15, 0.2) is 36.5 Å². The van der Waals surface area contributed by atoms with Gasteiger partial charge in [0, 0.05) is 19.1 Å². The molecule has 3 nitrogen and oxygen atoms in total. The molecular weight excluding hydrogens is 315 g/mol. The molecule has 0 saturated heterocycles. The highest BCUT2D eigenvalue weighted by atomic mass is 127. The zero-order valence-corrected chi connectivity index (χ0v) is 11.4. The van der Waals surface area contributed by atoms with Gasteiger partial charge in [-0.3, -0.25) is 4.79 Å². The van der Waals surface area contributed by atoms with Gasteiger partial charge < -0.3 is 29.3 Å². The van der Waals surface area contributed by atoms with Gasteiger partial charge in [-0.25, -0.2) is 4.57 Å². The maximum Gasteiger partial charge on any atom is 0.221 e. The number of aryl methyl sites for hydroxylation is 1. The molecular formula is C12H13IN2O. The second-order valence-corrected chi connectivity index (χ2v) is 3.54. The van der Waals surface area contributed by atoms with Gasteiger partial charge in [0.05, 0.1) is 11.1 Å². The Morgan fingerprint density at radius 1 is 1.25 bits per heavy atom. The molecule has 1 aromatic carbocycles. The first-order chi connectivity index (χ1) is 7.18. The molecule has 4 heteroatoms. The van der Waals surface area contributed by atoms with E-state index in [0.29, 0.717) is 0 Å². The lowest BCUT2D eigenvalue weighted by Gasteiger charge is -2.04. The number of carbonyl (C=O) groups is 1. The Labute approximate surface area is 111 Å². The van der Waals surface area contributed by atoms with E-state index in [0.717, 1.165) is 16.6 Å². The second kappa shape index (κ2) is 5.25. The molecule has 16 heavy (non-hydrogen) atoms. The van der Waals surface area contributed by atoms with E-state index in [9.17, 15) is 4.79 Å². The van der Waals surface area contributed by atoms with Gasteiger partial charge in [-0.2, -0.15) is 0 Å². The summed E-state index contributed by atoms with van der Waals surface area (Å²) in [5, 5.41) is 3.88. The zero-order chi connectivity index (χ0) is 10.8. The zero-order valence-electron chi connectivity index (χ0n) is 9.20. The van der Waals surface area contributed by atoms with Crippen molar-refractivity contribution in [2.24, 2.45) is 7.05 Å². The van der Waals surface area contributed by atoms with E-state index in [2.05, 4.69) is 5.32 Å².